The van der Waals surface area contributed by atoms with Crippen LogP contribution in [-0.2, 0) is 12.0 Å². The number of rotatable bonds is 6. The Balaban J connectivity index is 2.04. The van der Waals surface area contributed by atoms with Crippen LogP contribution in [0.2, 0.25) is 15.1 Å². The van der Waals surface area contributed by atoms with Crippen LogP contribution in [-0.4, -0.2) is 25.7 Å². The van der Waals surface area contributed by atoms with E-state index < -0.39 is 11.2 Å². The molecule has 0 fully saturated rings. The second-order valence-corrected chi connectivity index (χ2v) is 7.97. The van der Waals surface area contributed by atoms with Crippen LogP contribution in [0, 0.1) is 0 Å². The third-order valence-corrected chi connectivity index (χ3v) is 5.34. The van der Waals surface area contributed by atoms with Gasteiger partial charge in [0.1, 0.15) is 24.9 Å². The highest BCUT2D eigenvalue weighted by molar-refractivity contribution is 6.35. The predicted molar refractivity (Wildman–Crippen MR) is 107 cm³/mol. The summed E-state index contributed by atoms with van der Waals surface area (Å²) in [6.07, 6.45) is 2.90. The molecule has 3 aromatic rings. The number of halogens is 3. The molecule has 1 unspecified atom stereocenters. The van der Waals surface area contributed by atoms with Gasteiger partial charge in [-0.15, -0.1) is 0 Å². The summed E-state index contributed by atoms with van der Waals surface area (Å²) >= 11 is 18.2. The highest BCUT2D eigenvalue weighted by Crippen LogP contribution is 2.40. The van der Waals surface area contributed by atoms with Crippen LogP contribution in [0.25, 0.3) is 0 Å². The molecule has 0 bridgehead atoms. The normalized spacial score (nSPS) is 14.0. The van der Waals surface area contributed by atoms with Gasteiger partial charge < -0.3 is 9.84 Å². The smallest absolute Gasteiger partial charge is 0.237 e. The lowest BCUT2D eigenvalue weighted by atomic mass is 9.76. The van der Waals surface area contributed by atoms with E-state index in [1.807, 2.05) is 26.0 Å². The van der Waals surface area contributed by atoms with Gasteiger partial charge in [0.25, 0.3) is 0 Å². The summed E-state index contributed by atoms with van der Waals surface area (Å²) in [6.45, 7) is 3.77. The number of hydrogen-bond acceptors (Lipinski definition) is 4. The Morgan fingerprint density at radius 3 is 2.30 bits per heavy atom. The first kappa shape index (κ1) is 20.0. The van der Waals surface area contributed by atoms with Crippen molar-refractivity contribution in [2.24, 2.45) is 0 Å². The monoisotopic (exact) mass is 425 g/mol. The molecule has 0 amide bonds. The van der Waals surface area contributed by atoms with E-state index in [0.29, 0.717) is 20.8 Å². The highest BCUT2D eigenvalue weighted by Gasteiger charge is 2.48. The highest BCUT2D eigenvalue weighted by atomic mass is 35.5. The summed E-state index contributed by atoms with van der Waals surface area (Å²) in [7, 11) is 0. The number of aliphatic hydroxyl groups is 1. The molecule has 8 heteroatoms. The van der Waals surface area contributed by atoms with Crippen LogP contribution in [0.4, 0.5) is 0 Å². The molecule has 1 heterocycles. The molecule has 0 aliphatic rings. The van der Waals surface area contributed by atoms with E-state index in [4.69, 9.17) is 39.5 Å². The Bertz CT molecular complexity index is 914. The molecule has 0 aliphatic carbocycles. The lowest BCUT2D eigenvalue weighted by Crippen LogP contribution is -2.55. The minimum Gasteiger partial charge on any atom is -0.458 e. The fourth-order valence-corrected chi connectivity index (χ4v) is 3.30. The zero-order chi connectivity index (χ0) is 19.7. The van der Waals surface area contributed by atoms with Crippen molar-refractivity contribution in [2.75, 3.05) is 0 Å². The van der Waals surface area contributed by atoms with E-state index >= 15 is 0 Å². The first-order valence-electron chi connectivity index (χ1n) is 8.16. The van der Waals surface area contributed by atoms with Gasteiger partial charge in [0.2, 0.25) is 5.79 Å². The Morgan fingerprint density at radius 2 is 1.70 bits per heavy atom. The zero-order valence-electron chi connectivity index (χ0n) is 14.7. The van der Waals surface area contributed by atoms with Gasteiger partial charge in [-0.2, -0.15) is 5.10 Å². The van der Waals surface area contributed by atoms with Gasteiger partial charge in [-0.3, -0.25) is 0 Å². The standard InChI is InChI=1S/C19H18Cl3N3O2/c1-18(2,13-3-5-14(20)6-4-13)19(26,10-25-12-23-11-24-25)27-17-8-7-15(21)9-16(17)22/h3-9,11-12,26H,10H2,1-2H3. The molecular weight excluding hydrogens is 409 g/mol. The summed E-state index contributed by atoms with van der Waals surface area (Å²) in [4.78, 5) is 3.93. The fraction of sp³-hybridized carbons (Fsp3) is 0.263. The lowest BCUT2D eigenvalue weighted by Gasteiger charge is -2.42. The number of ether oxygens (including phenoxy) is 1. The van der Waals surface area contributed by atoms with Gasteiger partial charge in [0, 0.05) is 10.0 Å². The molecule has 27 heavy (non-hydrogen) atoms. The van der Waals surface area contributed by atoms with E-state index in [9.17, 15) is 5.11 Å². The molecule has 0 saturated carbocycles. The largest absolute Gasteiger partial charge is 0.458 e. The van der Waals surface area contributed by atoms with Crippen molar-refractivity contribution >= 4 is 34.8 Å². The molecule has 0 aliphatic heterocycles. The van der Waals surface area contributed by atoms with E-state index in [-0.39, 0.29) is 6.54 Å². The zero-order valence-corrected chi connectivity index (χ0v) is 17.0. The average Bonchev–Trinajstić information content (AvgIpc) is 3.10. The molecule has 5 nitrogen and oxygen atoms in total. The van der Waals surface area contributed by atoms with Crippen molar-refractivity contribution < 1.29 is 9.84 Å². The van der Waals surface area contributed by atoms with Crippen molar-refractivity contribution in [1.29, 1.82) is 0 Å². The van der Waals surface area contributed by atoms with Gasteiger partial charge in [-0.1, -0.05) is 46.9 Å². The molecule has 142 valence electrons. The van der Waals surface area contributed by atoms with Crippen LogP contribution < -0.4 is 4.74 Å². The first-order chi connectivity index (χ1) is 12.7. The summed E-state index contributed by atoms with van der Waals surface area (Å²) in [5.74, 6) is -1.39. The summed E-state index contributed by atoms with van der Waals surface area (Å²) in [5, 5.41) is 17.1. The van der Waals surface area contributed by atoms with Gasteiger partial charge in [-0.25, -0.2) is 9.67 Å². The van der Waals surface area contributed by atoms with Gasteiger partial charge in [0.05, 0.1) is 10.4 Å². The SMILES string of the molecule is CC(C)(c1ccc(Cl)cc1)C(O)(Cn1cncn1)Oc1ccc(Cl)cc1Cl. The minimum absolute atomic E-state index is 0.0293. The quantitative estimate of drug-likeness (QED) is 0.564. The molecule has 1 atom stereocenters. The first-order valence-corrected chi connectivity index (χ1v) is 9.29. The topological polar surface area (TPSA) is 60.2 Å². The van der Waals surface area contributed by atoms with Crippen LogP contribution in [0.3, 0.4) is 0 Å². The number of hydrogen-bond donors (Lipinski definition) is 1. The third-order valence-electron chi connectivity index (χ3n) is 4.56. The van der Waals surface area contributed by atoms with E-state index in [1.54, 1.807) is 30.3 Å². The molecule has 1 N–H and O–H groups in total. The Labute approximate surface area is 172 Å². The second kappa shape index (κ2) is 7.68. The van der Waals surface area contributed by atoms with E-state index in [0.717, 1.165) is 5.56 Å². The molecule has 0 spiro atoms. The number of nitrogens with zero attached hydrogens (tertiary/aromatic N) is 3. The van der Waals surface area contributed by atoms with E-state index in [1.165, 1.54) is 17.3 Å². The Hall–Kier alpha value is -1.79. The number of benzene rings is 2. The second-order valence-electron chi connectivity index (χ2n) is 6.69. The van der Waals surface area contributed by atoms with Crippen LogP contribution in [0.15, 0.2) is 55.1 Å². The summed E-state index contributed by atoms with van der Waals surface area (Å²) in [5.41, 5.74) is -0.0217. The van der Waals surface area contributed by atoms with Crippen molar-refractivity contribution in [3.8, 4) is 5.75 Å². The maximum absolute atomic E-state index is 11.6. The number of aromatic nitrogens is 3. The molecule has 1 aromatic heterocycles. The lowest BCUT2D eigenvalue weighted by molar-refractivity contribution is -0.195. The Morgan fingerprint density at radius 1 is 1.04 bits per heavy atom. The Kier molecular flexibility index (Phi) is 5.68. The maximum Gasteiger partial charge on any atom is 0.237 e. The van der Waals surface area contributed by atoms with Crippen LogP contribution in [0.5, 0.6) is 5.75 Å². The molecule has 0 saturated heterocycles. The van der Waals surface area contributed by atoms with Crippen molar-refractivity contribution in [2.45, 2.75) is 31.6 Å². The maximum atomic E-state index is 11.6. The third kappa shape index (κ3) is 4.22. The van der Waals surface area contributed by atoms with Gasteiger partial charge in [0.15, 0.2) is 0 Å². The minimum atomic E-state index is -1.70. The van der Waals surface area contributed by atoms with Crippen LogP contribution in [0.1, 0.15) is 19.4 Å². The van der Waals surface area contributed by atoms with Crippen LogP contribution >= 0.6 is 34.8 Å². The molecule has 2 aromatic carbocycles. The fourth-order valence-electron chi connectivity index (χ4n) is 2.72. The van der Waals surface area contributed by atoms with Crippen molar-refractivity contribution in [3.05, 3.63) is 75.8 Å². The van der Waals surface area contributed by atoms with Crippen molar-refractivity contribution in [1.82, 2.24) is 14.8 Å². The predicted octanol–water partition coefficient (Wildman–Crippen LogP) is 4.98. The summed E-state index contributed by atoms with van der Waals surface area (Å²) < 4.78 is 7.56. The van der Waals surface area contributed by atoms with E-state index in [2.05, 4.69) is 10.1 Å². The molecule has 3 rings (SSSR count). The van der Waals surface area contributed by atoms with Crippen molar-refractivity contribution in [3.63, 3.8) is 0 Å². The van der Waals surface area contributed by atoms with Gasteiger partial charge in [-0.05, 0) is 49.7 Å². The summed E-state index contributed by atoms with van der Waals surface area (Å²) in [6, 6.07) is 12.1. The average molecular weight is 427 g/mol. The molecule has 0 radical (unpaired) electrons. The van der Waals surface area contributed by atoms with Gasteiger partial charge >= 0.3 is 0 Å². The molecular formula is C19H18Cl3N3O2.